The van der Waals surface area contributed by atoms with E-state index >= 15 is 0 Å². The molecule has 0 aliphatic heterocycles. The average Bonchev–Trinajstić information content (AvgIpc) is 2.60. The van der Waals surface area contributed by atoms with E-state index in [0.29, 0.717) is 17.1 Å². The molecule has 2 rings (SSSR count). The van der Waals surface area contributed by atoms with Crippen molar-refractivity contribution >= 4 is 35.2 Å². The summed E-state index contributed by atoms with van der Waals surface area (Å²) in [5.41, 5.74) is 0.328. The smallest absolute Gasteiger partial charge is 0.338 e. The number of rotatable bonds is 8. The number of carbonyl (C=O) groups excluding carboxylic acids is 2. The van der Waals surface area contributed by atoms with E-state index in [2.05, 4.69) is 17.4 Å². The average molecular weight is 364 g/mol. The second-order valence-corrected chi connectivity index (χ2v) is 6.56. The molecule has 0 radical (unpaired) electrons. The van der Waals surface area contributed by atoms with Crippen LogP contribution >= 0.6 is 23.4 Å². The minimum Gasteiger partial charge on any atom is -0.452 e. The lowest BCUT2D eigenvalue weighted by Crippen LogP contribution is -2.29. The van der Waals surface area contributed by atoms with Crippen LogP contribution in [0.5, 0.6) is 0 Å². The highest BCUT2D eigenvalue weighted by molar-refractivity contribution is 7.99. The lowest BCUT2D eigenvalue weighted by atomic mass is 10.2. The minimum absolute atomic E-state index is 0.294. The van der Waals surface area contributed by atoms with Gasteiger partial charge in [-0.15, -0.1) is 11.8 Å². The first-order valence-electron chi connectivity index (χ1n) is 7.52. The minimum atomic E-state index is -0.563. The Morgan fingerprint density at radius 1 is 1.08 bits per heavy atom. The third kappa shape index (κ3) is 6.64. The number of amides is 1. The molecule has 4 nitrogen and oxygen atoms in total. The standard InChI is InChI=1S/C18H18ClNO3S/c19-15-7-4-6-14(12-15)18(22)23-13-17(21)20-10-5-11-24-16-8-2-1-3-9-16/h1-4,6-9,12H,5,10-11,13H2,(H,20,21). The van der Waals surface area contributed by atoms with Gasteiger partial charge in [0.25, 0.3) is 5.91 Å². The Hall–Kier alpha value is -1.98. The second kappa shape index (κ2) is 10.0. The van der Waals surface area contributed by atoms with Crippen molar-refractivity contribution in [1.82, 2.24) is 5.32 Å². The number of carbonyl (C=O) groups is 2. The van der Waals surface area contributed by atoms with Gasteiger partial charge in [-0.1, -0.05) is 35.9 Å². The van der Waals surface area contributed by atoms with E-state index in [1.54, 1.807) is 30.0 Å². The molecule has 0 unspecified atom stereocenters. The molecule has 2 aromatic carbocycles. The number of benzene rings is 2. The van der Waals surface area contributed by atoms with Crippen LogP contribution < -0.4 is 5.32 Å². The maximum Gasteiger partial charge on any atom is 0.338 e. The lowest BCUT2D eigenvalue weighted by molar-refractivity contribution is -0.124. The predicted octanol–water partition coefficient (Wildman–Crippen LogP) is 3.80. The number of hydrogen-bond donors (Lipinski definition) is 1. The molecule has 0 saturated carbocycles. The zero-order valence-electron chi connectivity index (χ0n) is 13.0. The molecule has 0 heterocycles. The Bertz CT molecular complexity index is 679. The molecule has 0 aliphatic carbocycles. The van der Waals surface area contributed by atoms with Crippen molar-refractivity contribution in [2.45, 2.75) is 11.3 Å². The Kier molecular flexibility index (Phi) is 7.65. The van der Waals surface area contributed by atoms with Crippen molar-refractivity contribution in [1.29, 1.82) is 0 Å². The Labute approximate surface area is 150 Å². The predicted molar refractivity (Wildman–Crippen MR) is 96.5 cm³/mol. The van der Waals surface area contributed by atoms with E-state index in [9.17, 15) is 9.59 Å². The summed E-state index contributed by atoms with van der Waals surface area (Å²) in [5.74, 6) is 0.0365. The summed E-state index contributed by atoms with van der Waals surface area (Å²) in [6, 6.07) is 16.5. The van der Waals surface area contributed by atoms with Gasteiger partial charge in [0, 0.05) is 16.5 Å². The van der Waals surface area contributed by atoms with Crippen LogP contribution in [-0.4, -0.2) is 30.8 Å². The fourth-order valence-electron chi connectivity index (χ4n) is 1.89. The number of ether oxygens (including phenoxy) is 1. The van der Waals surface area contributed by atoms with Gasteiger partial charge in [-0.25, -0.2) is 4.79 Å². The number of halogens is 1. The molecule has 24 heavy (non-hydrogen) atoms. The van der Waals surface area contributed by atoms with Crippen molar-refractivity contribution in [3.05, 3.63) is 65.2 Å². The fraction of sp³-hybridized carbons (Fsp3) is 0.222. The van der Waals surface area contributed by atoms with Crippen molar-refractivity contribution < 1.29 is 14.3 Å². The van der Waals surface area contributed by atoms with Crippen LogP contribution in [0.4, 0.5) is 0 Å². The van der Waals surface area contributed by atoms with Crippen molar-refractivity contribution in [3.8, 4) is 0 Å². The van der Waals surface area contributed by atoms with E-state index < -0.39 is 5.97 Å². The first-order chi connectivity index (χ1) is 11.6. The van der Waals surface area contributed by atoms with E-state index in [0.717, 1.165) is 12.2 Å². The third-order valence-corrected chi connectivity index (χ3v) is 4.38. The summed E-state index contributed by atoms with van der Waals surface area (Å²) in [6.45, 7) is 0.255. The van der Waals surface area contributed by atoms with Crippen molar-refractivity contribution in [2.75, 3.05) is 18.9 Å². The van der Waals surface area contributed by atoms with Gasteiger partial charge in [0.1, 0.15) is 0 Å². The van der Waals surface area contributed by atoms with Crippen LogP contribution in [0, 0.1) is 0 Å². The zero-order chi connectivity index (χ0) is 17.2. The molecule has 2 aromatic rings. The fourth-order valence-corrected chi connectivity index (χ4v) is 2.95. The Morgan fingerprint density at radius 2 is 1.88 bits per heavy atom. The van der Waals surface area contributed by atoms with Gasteiger partial charge in [-0.05, 0) is 42.5 Å². The molecular weight excluding hydrogens is 346 g/mol. The largest absolute Gasteiger partial charge is 0.452 e. The quantitative estimate of drug-likeness (QED) is 0.440. The normalized spacial score (nSPS) is 10.2. The first kappa shape index (κ1) is 18.4. The maximum absolute atomic E-state index is 11.8. The molecule has 0 aliphatic rings. The molecule has 0 saturated heterocycles. The molecule has 6 heteroatoms. The van der Waals surface area contributed by atoms with Gasteiger partial charge in [0.05, 0.1) is 5.56 Å². The number of nitrogens with one attached hydrogen (secondary N) is 1. The molecule has 1 amide bonds. The van der Waals surface area contributed by atoms with E-state index in [4.69, 9.17) is 16.3 Å². The Balaban J connectivity index is 1.59. The van der Waals surface area contributed by atoms with Crippen LogP contribution in [0.3, 0.4) is 0 Å². The number of esters is 1. The monoisotopic (exact) mass is 363 g/mol. The van der Waals surface area contributed by atoms with Gasteiger partial charge in [-0.2, -0.15) is 0 Å². The topological polar surface area (TPSA) is 55.4 Å². The molecular formula is C18H18ClNO3S. The molecule has 0 atom stereocenters. The van der Waals surface area contributed by atoms with Gasteiger partial charge < -0.3 is 10.1 Å². The SMILES string of the molecule is O=C(COC(=O)c1cccc(Cl)c1)NCCCSc1ccccc1. The van der Waals surface area contributed by atoms with Crippen molar-refractivity contribution in [2.24, 2.45) is 0 Å². The van der Waals surface area contributed by atoms with E-state index in [-0.39, 0.29) is 12.5 Å². The summed E-state index contributed by atoms with van der Waals surface area (Å²) >= 11 is 7.54. The Morgan fingerprint density at radius 3 is 2.62 bits per heavy atom. The first-order valence-corrected chi connectivity index (χ1v) is 8.89. The van der Waals surface area contributed by atoms with Crippen LogP contribution in [0.2, 0.25) is 5.02 Å². The van der Waals surface area contributed by atoms with Crippen molar-refractivity contribution in [3.63, 3.8) is 0 Å². The number of hydrogen-bond acceptors (Lipinski definition) is 4. The third-order valence-electron chi connectivity index (χ3n) is 3.05. The highest BCUT2D eigenvalue weighted by atomic mass is 35.5. The maximum atomic E-state index is 11.8. The van der Waals surface area contributed by atoms with Gasteiger partial charge in [0.2, 0.25) is 0 Å². The van der Waals surface area contributed by atoms with E-state index in [1.165, 1.54) is 11.0 Å². The summed E-state index contributed by atoms with van der Waals surface area (Å²) in [5, 5.41) is 3.18. The molecule has 126 valence electrons. The molecule has 0 bridgehead atoms. The van der Waals surface area contributed by atoms with Gasteiger partial charge in [-0.3, -0.25) is 4.79 Å². The number of thioether (sulfide) groups is 1. The van der Waals surface area contributed by atoms with Crippen LogP contribution in [0.1, 0.15) is 16.8 Å². The molecule has 1 N–H and O–H groups in total. The summed E-state index contributed by atoms with van der Waals surface area (Å²) in [4.78, 5) is 24.6. The summed E-state index contributed by atoms with van der Waals surface area (Å²) in [7, 11) is 0. The lowest BCUT2D eigenvalue weighted by Gasteiger charge is -2.07. The van der Waals surface area contributed by atoms with Crippen LogP contribution in [0.15, 0.2) is 59.5 Å². The molecule has 0 aromatic heterocycles. The highest BCUT2D eigenvalue weighted by Gasteiger charge is 2.10. The van der Waals surface area contributed by atoms with E-state index in [1.807, 2.05) is 18.2 Å². The van der Waals surface area contributed by atoms with Gasteiger partial charge >= 0.3 is 5.97 Å². The molecule has 0 fully saturated rings. The zero-order valence-corrected chi connectivity index (χ0v) is 14.6. The summed E-state index contributed by atoms with van der Waals surface area (Å²) < 4.78 is 4.96. The second-order valence-electron chi connectivity index (χ2n) is 4.95. The molecule has 0 spiro atoms. The van der Waals surface area contributed by atoms with Crippen LogP contribution in [-0.2, 0) is 9.53 Å². The van der Waals surface area contributed by atoms with Gasteiger partial charge in [0.15, 0.2) is 6.61 Å². The highest BCUT2D eigenvalue weighted by Crippen LogP contribution is 2.17. The van der Waals surface area contributed by atoms with Crippen LogP contribution in [0.25, 0.3) is 0 Å². The summed E-state index contributed by atoms with van der Waals surface area (Å²) in [6.07, 6.45) is 0.841.